The Balaban J connectivity index is 2.54. The fourth-order valence-corrected chi connectivity index (χ4v) is 4.04. The van der Waals surface area contributed by atoms with Crippen molar-refractivity contribution in [1.82, 2.24) is 4.98 Å². The molecule has 0 aliphatic rings. The molecule has 5 nitrogen and oxygen atoms in total. The number of anilines is 2. The first-order chi connectivity index (χ1) is 9.72. The van der Waals surface area contributed by atoms with Crippen molar-refractivity contribution in [3.05, 3.63) is 45.1 Å². The number of sulfonamides is 1. The van der Waals surface area contributed by atoms with Crippen LogP contribution in [0.2, 0.25) is 5.15 Å². The van der Waals surface area contributed by atoms with E-state index in [0.29, 0.717) is 21.3 Å². The number of rotatable bonds is 3. The molecule has 0 radical (unpaired) electrons. The number of hydrogen-bond donors (Lipinski definition) is 2. The molecule has 8 heteroatoms. The van der Waals surface area contributed by atoms with Crippen LogP contribution in [0.4, 0.5) is 11.4 Å². The van der Waals surface area contributed by atoms with Gasteiger partial charge in [-0.1, -0.05) is 17.7 Å². The lowest BCUT2D eigenvalue weighted by Gasteiger charge is -2.15. The summed E-state index contributed by atoms with van der Waals surface area (Å²) in [5.74, 6) is 0. The third-order valence-corrected chi connectivity index (χ3v) is 5.35. The van der Waals surface area contributed by atoms with Crippen LogP contribution in [0.25, 0.3) is 0 Å². The summed E-state index contributed by atoms with van der Waals surface area (Å²) in [7, 11) is -3.81. The molecule has 0 saturated heterocycles. The Morgan fingerprint density at radius 1 is 1.33 bits per heavy atom. The Morgan fingerprint density at radius 3 is 2.67 bits per heavy atom. The summed E-state index contributed by atoms with van der Waals surface area (Å²) in [4.78, 5) is 4.04. The van der Waals surface area contributed by atoms with E-state index >= 15 is 0 Å². The first-order valence-corrected chi connectivity index (χ1v) is 8.57. The zero-order valence-corrected chi connectivity index (χ0v) is 14.5. The van der Waals surface area contributed by atoms with Crippen molar-refractivity contribution in [3.8, 4) is 0 Å². The van der Waals surface area contributed by atoms with Crippen LogP contribution in [0.5, 0.6) is 0 Å². The smallest absolute Gasteiger partial charge is 0.262 e. The monoisotopic (exact) mass is 389 g/mol. The van der Waals surface area contributed by atoms with E-state index in [1.807, 2.05) is 0 Å². The summed E-state index contributed by atoms with van der Waals surface area (Å²) in [5.41, 5.74) is 7.52. The van der Waals surface area contributed by atoms with Crippen LogP contribution in [-0.2, 0) is 10.0 Å². The number of aryl methyl sites for hydroxylation is 1. The van der Waals surface area contributed by atoms with Gasteiger partial charge in [-0.05, 0) is 53.0 Å². The average Bonchev–Trinajstić information content (AvgIpc) is 2.38. The Kier molecular flexibility index (Phi) is 4.46. The Morgan fingerprint density at radius 2 is 2.00 bits per heavy atom. The van der Waals surface area contributed by atoms with Crippen molar-refractivity contribution < 1.29 is 8.42 Å². The molecule has 1 aromatic carbocycles. The first kappa shape index (κ1) is 16.1. The number of nitrogen functional groups attached to an aromatic ring is 1. The Hall–Kier alpha value is -1.31. The number of benzene rings is 1. The summed E-state index contributed by atoms with van der Waals surface area (Å²) in [6.07, 6.45) is 1.48. The molecule has 0 bridgehead atoms. The van der Waals surface area contributed by atoms with E-state index in [1.165, 1.54) is 6.20 Å². The molecule has 0 unspecified atom stereocenters. The summed E-state index contributed by atoms with van der Waals surface area (Å²) >= 11 is 9.14. The van der Waals surface area contributed by atoms with Gasteiger partial charge in [-0.25, -0.2) is 13.4 Å². The molecule has 112 valence electrons. The minimum absolute atomic E-state index is 0.0704. The van der Waals surface area contributed by atoms with Gasteiger partial charge in [0.25, 0.3) is 10.0 Å². The summed E-state index contributed by atoms with van der Waals surface area (Å²) < 4.78 is 28.2. The molecule has 0 atom stereocenters. The maximum absolute atomic E-state index is 12.6. The predicted molar refractivity (Wildman–Crippen MR) is 88.1 cm³/mol. The van der Waals surface area contributed by atoms with Crippen molar-refractivity contribution in [2.24, 2.45) is 0 Å². The van der Waals surface area contributed by atoms with E-state index in [9.17, 15) is 8.42 Å². The lowest BCUT2D eigenvalue weighted by molar-refractivity contribution is 0.600. The van der Waals surface area contributed by atoms with E-state index in [2.05, 4.69) is 25.6 Å². The number of nitrogens with two attached hydrogens (primary N) is 1. The number of hydrogen-bond acceptors (Lipinski definition) is 4. The highest BCUT2D eigenvalue weighted by Gasteiger charge is 2.22. The van der Waals surface area contributed by atoms with E-state index in [4.69, 9.17) is 17.3 Å². The molecule has 1 aromatic heterocycles. The van der Waals surface area contributed by atoms with Gasteiger partial charge in [0.1, 0.15) is 0 Å². The van der Waals surface area contributed by atoms with Gasteiger partial charge in [0.15, 0.2) is 5.15 Å². The van der Waals surface area contributed by atoms with Gasteiger partial charge in [0.05, 0.1) is 10.6 Å². The lowest BCUT2D eigenvalue weighted by Crippen LogP contribution is -2.17. The number of nitrogens with zero attached hydrogens (tertiary/aromatic N) is 1. The zero-order chi connectivity index (χ0) is 15.8. The van der Waals surface area contributed by atoms with Crippen LogP contribution in [0, 0.1) is 13.8 Å². The topological polar surface area (TPSA) is 85.1 Å². The fraction of sp³-hybridized carbons (Fsp3) is 0.154. The van der Waals surface area contributed by atoms with Crippen molar-refractivity contribution in [2.45, 2.75) is 18.7 Å². The van der Waals surface area contributed by atoms with E-state index in [1.54, 1.807) is 32.0 Å². The number of halogens is 2. The third kappa shape index (κ3) is 3.30. The third-order valence-electron chi connectivity index (χ3n) is 2.96. The maximum atomic E-state index is 12.6. The molecule has 0 amide bonds. The quantitative estimate of drug-likeness (QED) is 0.620. The molecule has 0 aliphatic carbocycles. The van der Waals surface area contributed by atoms with Gasteiger partial charge in [0.2, 0.25) is 0 Å². The number of pyridine rings is 1. The van der Waals surface area contributed by atoms with Gasteiger partial charge >= 0.3 is 0 Å². The molecular weight excluding hydrogens is 378 g/mol. The summed E-state index contributed by atoms with van der Waals surface area (Å²) in [6, 6.07) is 4.89. The highest BCUT2D eigenvalue weighted by Crippen LogP contribution is 2.29. The van der Waals surface area contributed by atoms with Gasteiger partial charge in [-0.2, -0.15) is 0 Å². The van der Waals surface area contributed by atoms with Crippen LogP contribution in [0.1, 0.15) is 11.1 Å². The minimum Gasteiger partial charge on any atom is -0.398 e. The Labute approximate surface area is 136 Å². The molecule has 2 rings (SSSR count). The predicted octanol–water partition coefficient (Wildman–Crippen LogP) is 3.50. The van der Waals surface area contributed by atoms with Crippen LogP contribution in [-0.4, -0.2) is 13.4 Å². The van der Waals surface area contributed by atoms with E-state index in [0.717, 1.165) is 0 Å². The van der Waals surface area contributed by atoms with Gasteiger partial charge in [0, 0.05) is 16.4 Å². The SMILES string of the molecule is Cc1ccc(N)c(C)c1S(=O)(=O)Nc1cc(Br)cnc1Cl. The lowest BCUT2D eigenvalue weighted by atomic mass is 10.1. The molecule has 0 spiro atoms. The zero-order valence-electron chi connectivity index (χ0n) is 11.3. The largest absolute Gasteiger partial charge is 0.398 e. The molecule has 2 aromatic rings. The molecule has 0 fully saturated rings. The number of nitrogens with one attached hydrogen (secondary N) is 1. The van der Waals surface area contributed by atoms with Crippen LogP contribution in [0.15, 0.2) is 33.8 Å². The number of aromatic nitrogens is 1. The second-order valence-electron chi connectivity index (χ2n) is 4.52. The second kappa shape index (κ2) is 5.82. The van der Waals surface area contributed by atoms with E-state index < -0.39 is 10.0 Å². The normalized spacial score (nSPS) is 11.4. The van der Waals surface area contributed by atoms with Crippen molar-refractivity contribution in [1.29, 1.82) is 0 Å². The van der Waals surface area contributed by atoms with Crippen LogP contribution >= 0.6 is 27.5 Å². The fourth-order valence-electron chi connectivity index (χ4n) is 1.95. The molecule has 21 heavy (non-hydrogen) atoms. The highest BCUT2D eigenvalue weighted by molar-refractivity contribution is 9.10. The van der Waals surface area contributed by atoms with Crippen molar-refractivity contribution >= 4 is 48.9 Å². The summed E-state index contributed by atoms with van der Waals surface area (Å²) in [6.45, 7) is 3.37. The molecule has 0 aliphatic heterocycles. The van der Waals surface area contributed by atoms with Crippen LogP contribution < -0.4 is 10.5 Å². The Bertz CT molecular complexity index is 809. The van der Waals surface area contributed by atoms with Gasteiger partial charge < -0.3 is 5.73 Å². The first-order valence-electron chi connectivity index (χ1n) is 5.92. The standard InChI is InChI=1S/C13H13BrClN3O2S/c1-7-3-4-10(16)8(2)12(7)21(19,20)18-11-5-9(14)6-17-13(11)15/h3-6,18H,16H2,1-2H3. The maximum Gasteiger partial charge on any atom is 0.262 e. The average molecular weight is 391 g/mol. The van der Waals surface area contributed by atoms with Crippen molar-refractivity contribution in [2.75, 3.05) is 10.5 Å². The van der Waals surface area contributed by atoms with Gasteiger partial charge in [-0.3, -0.25) is 4.72 Å². The second-order valence-corrected chi connectivity index (χ2v) is 7.42. The van der Waals surface area contributed by atoms with Crippen molar-refractivity contribution in [3.63, 3.8) is 0 Å². The summed E-state index contributed by atoms with van der Waals surface area (Å²) in [5, 5.41) is 0.0704. The molecular formula is C13H13BrClN3O2S. The molecule has 3 N–H and O–H groups in total. The van der Waals surface area contributed by atoms with E-state index in [-0.39, 0.29) is 15.7 Å². The molecule has 1 heterocycles. The molecule has 0 saturated carbocycles. The van der Waals surface area contributed by atoms with Crippen LogP contribution in [0.3, 0.4) is 0 Å². The minimum atomic E-state index is -3.81. The highest BCUT2D eigenvalue weighted by atomic mass is 79.9. The van der Waals surface area contributed by atoms with Gasteiger partial charge in [-0.15, -0.1) is 0 Å².